The van der Waals surface area contributed by atoms with Crippen molar-refractivity contribution in [2.24, 2.45) is 0 Å². The van der Waals surface area contributed by atoms with Gasteiger partial charge in [0.05, 0.1) is 6.10 Å². The average Bonchev–Trinajstić information content (AvgIpc) is 3.06. The molecule has 164 valence electrons. The molecule has 0 saturated heterocycles. The third-order valence-electron chi connectivity index (χ3n) is 3.79. The normalized spacial score (nSPS) is 11.4. The van der Waals surface area contributed by atoms with Crippen LogP contribution in [-0.2, 0) is 0 Å². The smallest absolute Gasteiger partial charge is 0.422 e. The van der Waals surface area contributed by atoms with E-state index in [1.807, 2.05) is 13.8 Å². The number of halogens is 3. The molecule has 0 atom stereocenters. The van der Waals surface area contributed by atoms with E-state index in [2.05, 4.69) is 15.4 Å². The number of carbonyl (C=O) groups excluding carboxylic acids is 1. The van der Waals surface area contributed by atoms with Gasteiger partial charge in [0, 0.05) is 17.3 Å². The van der Waals surface area contributed by atoms with Gasteiger partial charge in [-0.05, 0) is 50.2 Å². The standard InChI is InChI=1S/C20H20F3N5O3/c1-12(2)31-15-8-6-13(7-9-15)17(29)28-18(24)26-19(27-28)25-14-4-3-5-16(10-14)30-11-20(21,22)23/h3-10,12H,11H2,1-2H3,(H3,24,25,26,27). The van der Waals surface area contributed by atoms with Crippen molar-refractivity contribution < 1.29 is 27.4 Å². The lowest BCUT2D eigenvalue weighted by Gasteiger charge is -2.10. The minimum absolute atomic E-state index is 0.00131. The molecule has 0 aliphatic carbocycles. The van der Waals surface area contributed by atoms with E-state index in [-0.39, 0.29) is 23.8 Å². The van der Waals surface area contributed by atoms with Crippen molar-refractivity contribution in [3.63, 3.8) is 0 Å². The molecule has 3 aromatic rings. The van der Waals surface area contributed by atoms with E-state index in [9.17, 15) is 18.0 Å². The highest BCUT2D eigenvalue weighted by molar-refractivity contribution is 5.97. The van der Waals surface area contributed by atoms with Gasteiger partial charge in [-0.2, -0.15) is 22.8 Å². The average molecular weight is 435 g/mol. The quantitative estimate of drug-likeness (QED) is 0.578. The van der Waals surface area contributed by atoms with Crippen LogP contribution in [0.5, 0.6) is 11.5 Å². The molecule has 0 aliphatic heterocycles. The van der Waals surface area contributed by atoms with E-state index in [1.54, 1.807) is 30.3 Å². The summed E-state index contributed by atoms with van der Waals surface area (Å²) >= 11 is 0. The molecule has 11 heteroatoms. The number of anilines is 3. The van der Waals surface area contributed by atoms with E-state index in [1.165, 1.54) is 18.2 Å². The first-order chi connectivity index (χ1) is 14.6. The minimum Gasteiger partial charge on any atom is -0.491 e. The molecule has 0 aliphatic rings. The van der Waals surface area contributed by atoms with Gasteiger partial charge < -0.3 is 20.5 Å². The van der Waals surface area contributed by atoms with Crippen molar-refractivity contribution in [3.05, 3.63) is 54.1 Å². The summed E-state index contributed by atoms with van der Waals surface area (Å²) in [6.45, 7) is 2.37. The molecule has 31 heavy (non-hydrogen) atoms. The van der Waals surface area contributed by atoms with Crippen LogP contribution < -0.4 is 20.5 Å². The molecule has 0 radical (unpaired) electrons. The summed E-state index contributed by atoms with van der Waals surface area (Å²) in [4.78, 5) is 16.7. The molecule has 0 unspecified atom stereocenters. The maximum absolute atomic E-state index is 12.7. The third kappa shape index (κ3) is 6.11. The number of benzene rings is 2. The van der Waals surface area contributed by atoms with Gasteiger partial charge in [0.2, 0.25) is 11.9 Å². The summed E-state index contributed by atoms with van der Waals surface area (Å²) in [6.07, 6.45) is -4.45. The highest BCUT2D eigenvalue weighted by atomic mass is 19.4. The van der Waals surface area contributed by atoms with Gasteiger partial charge in [-0.1, -0.05) is 6.07 Å². The maximum atomic E-state index is 12.7. The Balaban J connectivity index is 1.71. The molecular formula is C20H20F3N5O3. The molecule has 1 heterocycles. The van der Waals surface area contributed by atoms with Crippen LogP contribution in [0, 0.1) is 0 Å². The zero-order valence-corrected chi connectivity index (χ0v) is 16.7. The fraction of sp³-hybridized carbons (Fsp3) is 0.250. The molecule has 0 saturated carbocycles. The minimum atomic E-state index is -4.45. The van der Waals surface area contributed by atoms with Crippen LogP contribution in [0.4, 0.5) is 30.8 Å². The highest BCUT2D eigenvalue weighted by Gasteiger charge is 2.28. The highest BCUT2D eigenvalue weighted by Crippen LogP contribution is 2.23. The Labute approximate surface area is 175 Å². The predicted molar refractivity (Wildman–Crippen MR) is 108 cm³/mol. The second kappa shape index (κ2) is 8.94. The number of alkyl halides is 3. The summed E-state index contributed by atoms with van der Waals surface area (Å²) in [5, 5.41) is 6.82. The van der Waals surface area contributed by atoms with Crippen molar-refractivity contribution >= 4 is 23.5 Å². The van der Waals surface area contributed by atoms with Gasteiger partial charge in [-0.25, -0.2) is 0 Å². The molecule has 0 amide bonds. The molecular weight excluding hydrogens is 415 g/mol. The second-order valence-corrected chi connectivity index (χ2v) is 6.76. The summed E-state index contributed by atoms with van der Waals surface area (Å²) in [7, 11) is 0. The summed E-state index contributed by atoms with van der Waals surface area (Å²) in [6, 6.07) is 12.3. The van der Waals surface area contributed by atoms with Gasteiger partial charge in [0.25, 0.3) is 5.91 Å². The lowest BCUT2D eigenvalue weighted by atomic mass is 10.2. The van der Waals surface area contributed by atoms with Gasteiger partial charge in [0.15, 0.2) is 6.61 Å². The number of rotatable bonds is 7. The lowest BCUT2D eigenvalue weighted by molar-refractivity contribution is -0.153. The van der Waals surface area contributed by atoms with Crippen LogP contribution in [0.25, 0.3) is 0 Å². The molecule has 0 bridgehead atoms. The first kappa shape index (κ1) is 21.9. The van der Waals surface area contributed by atoms with E-state index < -0.39 is 18.7 Å². The maximum Gasteiger partial charge on any atom is 0.422 e. The van der Waals surface area contributed by atoms with E-state index in [0.717, 1.165) is 4.68 Å². The molecule has 1 aromatic heterocycles. The van der Waals surface area contributed by atoms with E-state index in [4.69, 9.17) is 15.2 Å². The summed E-state index contributed by atoms with van der Waals surface area (Å²) in [5.41, 5.74) is 6.49. The monoisotopic (exact) mass is 435 g/mol. The SMILES string of the molecule is CC(C)Oc1ccc(C(=O)n2nc(Nc3cccc(OCC(F)(F)F)c3)nc2N)cc1. The molecule has 0 spiro atoms. The Morgan fingerprint density at radius 2 is 1.87 bits per heavy atom. The molecule has 3 N–H and O–H groups in total. The molecule has 3 rings (SSSR count). The predicted octanol–water partition coefficient (Wildman–Crippen LogP) is 4.02. The molecule has 0 fully saturated rings. The number of ether oxygens (including phenoxy) is 2. The van der Waals surface area contributed by atoms with Gasteiger partial charge in [0.1, 0.15) is 11.5 Å². The number of hydrogen-bond acceptors (Lipinski definition) is 7. The van der Waals surface area contributed by atoms with Crippen LogP contribution >= 0.6 is 0 Å². The Hall–Kier alpha value is -3.76. The van der Waals surface area contributed by atoms with Gasteiger partial charge >= 0.3 is 6.18 Å². The van der Waals surface area contributed by atoms with E-state index in [0.29, 0.717) is 17.0 Å². The Morgan fingerprint density at radius 3 is 2.52 bits per heavy atom. The van der Waals surface area contributed by atoms with Crippen molar-refractivity contribution in [1.82, 2.24) is 14.8 Å². The van der Waals surface area contributed by atoms with Crippen molar-refractivity contribution in [1.29, 1.82) is 0 Å². The second-order valence-electron chi connectivity index (χ2n) is 6.76. The number of hydrogen-bond donors (Lipinski definition) is 2. The van der Waals surface area contributed by atoms with Crippen LogP contribution in [0.3, 0.4) is 0 Å². The lowest BCUT2D eigenvalue weighted by Crippen LogP contribution is -2.19. The first-order valence-corrected chi connectivity index (χ1v) is 9.21. The van der Waals surface area contributed by atoms with Gasteiger partial charge in [-0.15, -0.1) is 5.10 Å². The van der Waals surface area contributed by atoms with Crippen molar-refractivity contribution in [3.8, 4) is 11.5 Å². The number of nitrogens with one attached hydrogen (secondary N) is 1. The zero-order valence-electron chi connectivity index (χ0n) is 16.7. The Kier molecular flexibility index (Phi) is 6.33. The largest absolute Gasteiger partial charge is 0.491 e. The molecule has 8 nitrogen and oxygen atoms in total. The van der Waals surface area contributed by atoms with E-state index >= 15 is 0 Å². The Bertz CT molecular complexity index is 1050. The fourth-order valence-electron chi connectivity index (χ4n) is 2.56. The fourth-order valence-corrected chi connectivity index (χ4v) is 2.56. The number of nitrogen functional groups attached to an aromatic ring is 1. The summed E-state index contributed by atoms with van der Waals surface area (Å²) in [5.74, 6) is -0.0305. The van der Waals surface area contributed by atoms with Crippen LogP contribution in [0.1, 0.15) is 24.2 Å². The number of nitrogens with two attached hydrogens (primary N) is 1. The number of carbonyl (C=O) groups is 1. The number of aromatic nitrogens is 3. The summed E-state index contributed by atoms with van der Waals surface area (Å²) < 4.78 is 48.1. The first-order valence-electron chi connectivity index (χ1n) is 9.21. The van der Waals surface area contributed by atoms with Crippen molar-refractivity contribution in [2.75, 3.05) is 17.7 Å². The topological polar surface area (TPSA) is 104 Å². The Morgan fingerprint density at radius 1 is 1.16 bits per heavy atom. The van der Waals surface area contributed by atoms with Gasteiger partial charge in [-0.3, -0.25) is 4.79 Å². The molecule has 2 aromatic carbocycles. The van der Waals surface area contributed by atoms with Crippen molar-refractivity contribution in [2.45, 2.75) is 26.1 Å². The van der Waals surface area contributed by atoms with Crippen LogP contribution in [-0.4, -0.2) is 39.6 Å². The zero-order chi connectivity index (χ0) is 22.6. The number of nitrogens with zero attached hydrogens (tertiary/aromatic N) is 3. The van der Waals surface area contributed by atoms with Crippen LogP contribution in [0.15, 0.2) is 48.5 Å². The van der Waals surface area contributed by atoms with Crippen LogP contribution in [0.2, 0.25) is 0 Å². The third-order valence-corrected chi connectivity index (χ3v) is 3.79.